The smallest absolute Gasteiger partial charge is 0.0945 e. The monoisotopic (exact) mass is 449 g/mol. The molecule has 5 heteroatoms. The molecule has 0 rings (SSSR count). The molecule has 0 saturated heterocycles. The van der Waals surface area contributed by atoms with Gasteiger partial charge in [-0.2, -0.15) is 0 Å². The van der Waals surface area contributed by atoms with E-state index in [9.17, 15) is 13.0 Å². The summed E-state index contributed by atoms with van der Waals surface area (Å²) in [6.07, 6.45) is 23.3. The summed E-state index contributed by atoms with van der Waals surface area (Å²) in [7, 11) is 2.90. The lowest BCUT2D eigenvalue weighted by atomic mass is 10.1. The minimum Gasteiger partial charge on any atom is -0.748 e. The molecule has 0 bridgehead atoms. The van der Waals surface area contributed by atoms with Crippen LogP contribution in [0.25, 0.3) is 0 Å². The third-order valence-electron chi connectivity index (χ3n) is 5.43. The molecule has 0 aliphatic carbocycles. The van der Waals surface area contributed by atoms with Gasteiger partial charge in [0.15, 0.2) is 0 Å². The SMILES string of the molecule is CCCCCCCCCCCCCC[N+](C)(C)C.CCCCCCCCS(=O)(=O)[O-]. The molecule has 0 spiro atoms. The molecule has 0 heterocycles. The third kappa shape index (κ3) is 35.3. The lowest BCUT2D eigenvalue weighted by Gasteiger charge is -2.23. The van der Waals surface area contributed by atoms with E-state index in [1.54, 1.807) is 0 Å². The van der Waals surface area contributed by atoms with Gasteiger partial charge in [0.25, 0.3) is 0 Å². The molecule has 30 heavy (non-hydrogen) atoms. The van der Waals surface area contributed by atoms with Gasteiger partial charge in [-0.3, -0.25) is 0 Å². The second-order valence-corrected chi connectivity index (χ2v) is 11.5. The molecule has 0 aliphatic rings. The summed E-state index contributed by atoms with van der Waals surface area (Å²) in [6.45, 7) is 5.75. The van der Waals surface area contributed by atoms with Crippen LogP contribution < -0.4 is 0 Å². The summed E-state index contributed by atoms with van der Waals surface area (Å²) >= 11 is 0. The first kappa shape index (κ1) is 32.1. The Kier molecular flexibility index (Phi) is 23.6. The van der Waals surface area contributed by atoms with Crippen molar-refractivity contribution in [1.82, 2.24) is 0 Å². The molecular formula is C25H55NO3S. The third-order valence-corrected chi connectivity index (χ3v) is 6.22. The Morgan fingerprint density at radius 1 is 0.533 bits per heavy atom. The quantitative estimate of drug-likeness (QED) is 0.111. The van der Waals surface area contributed by atoms with Gasteiger partial charge < -0.3 is 9.04 Å². The van der Waals surface area contributed by atoms with Crippen molar-refractivity contribution < 1.29 is 17.5 Å². The van der Waals surface area contributed by atoms with Crippen molar-refractivity contribution in [2.24, 2.45) is 0 Å². The highest BCUT2D eigenvalue weighted by molar-refractivity contribution is 7.85. The van der Waals surface area contributed by atoms with Gasteiger partial charge in [0.1, 0.15) is 0 Å². The van der Waals surface area contributed by atoms with Crippen LogP contribution in [0.15, 0.2) is 0 Å². The Balaban J connectivity index is 0. The van der Waals surface area contributed by atoms with E-state index < -0.39 is 10.1 Å². The number of unbranched alkanes of at least 4 members (excludes halogenated alkanes) is 16. The maximum absolute atomic E-state index is 10.2. The van der Waals surface area contributed by atoms with Gasteiger partial charge in [0, 0.05) is 5.75 Å². The molecule has 0 aromatic rings. The molecule has 0 atom stereocenters. The van der Waals surface area contributed by atoms with Crippen molar-refractivity contribution in [3.63, 3.8) is 0 Å². The minimum atomic E-state index is -3.97. The van der Waals surface area contributed by atoms with Crippen LogP contribution in [0, 0.1) is 0 Å². The molecular weight excluding hydrogens is 394 g/mol. The standard InChI is InChI=1S/C17H38N.C8H18O3S/c1-5-6-7-8-9-10-11-12-13-14-15-16-17-18(2,3)4;1-2-3-4-5-6-7-8-12(9,10)11/h5-17H2,1-4H3;2-8H2,1H3,(H,9,10,11)/q+1;/p-1. The summed E-state index contributed by atoms with van der Waals surface area (Å²) in [5.41, 5.74) is 0. The summed E-state index contributed by atoms with van der Waals surface area (Å²) in [4.78, 5) is 0. The first-order valence-corrected chi connectivity index (χ1v) is 14.4. The van der Waals surface area contributed by atoms with E-state index >= 15 is 0 Å². The lowest BCUT2D eigenvalue weighted by molar-refractivity contribution is -0.870. The van der Waals surface area contributed by atoms with Crippen LogP contribution in [0.2, 0.25) is 0 Å². The number of hydrogen-bond acceptors (Lipinski definition) is 3. The predicted octanol–water partition coefficient (Wildman–Crippen LogP) is 7.29. The van der Waals surface area contributed by atoms with Crippen molar-refractivity contribution >= 4 is 10.1 Å². The van der Waals surface area contributed by atoms with E-state index in [4.69, 9.17) is 0 Å². The summed E-state index contributed by atoms with van der Waals surface area (Å²) in [5, 5.41) is 0. The average molecular weight is 450 g/mol. The highest BCUT2D eigenvalue weighted by Gasteiger charge is 2.04. The normalized spacial score (nSPS) is 11.9. The van der Waals surface area contributed by atoms with Crippen molar-refractivity contribution in [2.45, 2.75) is 129 Å². The van der Waals surface area contributed by atoms with Crippen molar-refractivity contribution in [3.8, 4) is 0 Å². The fourth-order valence-corrected chi connectivity index (χ4v) is 4.04. The maximum Gasteiger partial charge on any atom is 0.0945 e. The molecule has 0 aliphatic heterocycles. The van der Waals surface area contributed by atoms with E-state index in [0.717, 1.165) is 23.7 Å². The molecule has 0 unspecified atom stereocenters. The average Bonchev–Trinajstić information content (AvgIpc) is 2.64. The van der Waals surface area contributed by atoms with Crippen molar-refractivity contribution in [3.05, 3.63) is 0 Å². The van der Waals surface area contributed by atoms with Crippen LogP contribution >= 0.6 is 0 Å². The highest BCUT2D eigenvalue weighted by Crippen LogP contribution is 2.12. The second kappa shape index (κ2) is 22.1. The zero-order valence-electron chi connectivity index (χ0n) is 21.2. The van der Waals surface area contributed by atoms with Gasteiger partial charge in [0.2, 0.25) is 0 Å². The van der Waals surface area contributed by atoms with Gasteiger partial charge in [-0.05, 0) is 19.3 Å². The molecule has 0 fully saturated rings. The van der Waals surface area contributed by atoms with Crippen LogP contribution in [0.3, 0.4) is 0 Å². The van der Waals surface area contributed by atoms with Crippen LogP contribution in [0.1, 0.15) is 129 Å². The van der Waals surface area contributed by atoms with Crippen LogP contribution in [0.4, 0.5) is 0 Å². The van der Waals surface area contributed by atoms with E-state index in [1.165, 1.54) is 96.4 Å². The zero-order valence-corrected chi connectivity index (χ0v) is 22.0. The molecule has 0 radical (unpaired) electrons. The number of rotatable bonds is 20. The molecule has 0 aromatic carbocycles. The van der Waals surface area contributed by atoms with E-state index in [0.29, 0.717) is 6.42 Å². The van der Waals surface area contributed by atoms with Crippen molar-refractivity contribution in [1.29, 1.82) is 0 Å². The van der Waals surface area contributed by atoms with Crippen molar-refractivity contribution in [2.75, 3.05) is 33.4 Å². The first-order valence-electron chi connectivity index (χ1n) is 12.9. The van der Waals surface area contributed by atoms with E-state index in [-0.39, 0.29) is 5.75 Å². The fourth-order valence-electron chi connectivity index (χ4n) is 3.49. The minimum absolute atomic E-state index is 0.195. The Hall–Kier alpha value is -0.130. The summed E-state index contributed by atoms with van der Waals surface area (Å²) < 4.78 is 31.6. The lowest BCUT2D eigenvalue weighted by Crippen LogP contribution is -2.35. The van der Waals surface area contributed by atoms with Gasteiger partial charge in [-0.25, -0.2) is 8.42 Å². The van der Waals surface area contributed by atoms with Crippen LogP contribution in [-0.4, -0.2) is 50.9 Å². The van der Waals surface area contributed by atoms with E-state index in [2.05, 4.69) is 35.0 Å². The fraction of sp³-hybridized carbons (Fsp3) is 1.00. The zero-order chi connectivity index (χ0) is 23.1. The maximum atomic E-state index is 10.2. The number of quaternary nitrogens is 1. The summed E-state index contributed by atoms with van der Waals surface area (Å²) in [5.74, 6) is -0.195. The highest BCUT2D eigenvalue weighted by atomic mass is 32.2. The largest absolute Gasteiger partial charge is 0.748 e. The molecule has 0 aromatic heterocycles. The number of nitrogens with zero attached hydrogens (tertiary/aromatic N) is 1. The molecule has 0 saturated carbocycles. The van der Waals surface area contributed by atoms with Gasteiger partial charge in [-0.15, -0.1) is 0 Å². The van der Waals surface area contributed by atoms with Crippen LogP contribution in [-0.2, 0) is 10.1 Å². The predicted molar refractivity (Wildman–Crippen MR) is 132 cm³/mol. The number of hydrogen-bond donors (Lipinski definition) is 0. The molecule has 0 amide bonds. The Bertz CT molecular complexity index is 430. The Labute approximate surface area is 190 Å². The van der Waals surface area contributed by atoms with Gasteiger partial charge >= 0.3 is 0 Å². The molecule has 0 N–H and O–H groups in total. The topological polar surface area (TPSA) is 57.2 Å². The molecule has 4 nitrogen and oxygen atoms in total. The molecule has 184 valence electrons. The Morgan fingerprint density at radius 3 is 1.13 bits per heavy atom. The van der Waals surface area contributed by atoms with Gasteiger partial charge in [0.05, 0.1) is 37.8 Å². The summed E-state index contributed by atoms with van der Waals surface area (Å²) in [6, 6.07) is 0. The second-order valence-electron chi connectivity index (χ2n) is 9.93. The first-order chi connectivity index (χ1) is 14.1. The van der Waals surface area contributed by atoms with E-state index in [1.807, 2.05) is 0 Å². The Morgan fingerprint density at radius 2 is 0.833 bits per heavy atom. The van der Waals surface area contributed by atoms with Gasteiger partial charge in [-0.1, -0.05) is 110 Å². The van der Waals surface area contributed by atoms with Crippen LogP contribution in [0.5, 0.6) is 0 Å².